The third-order valence-corrected chi connectivity index (χ3v) is 4.60. The molecule has 1 aromatic heterocycles. The van der Waals surface area contributed by atoms with Crippen LogP contribution in [0, 0.1) is 11.8 Å². The van der Waals surface area contributed by atoms with Gasteiger partial charge in [-0.1, -0.05) is 18.8 Å². The molecule has 1 aliphatic heterocycles. The summed E-state index contributed by atoms with van der Waals surface area (Å²) in [7, 11) is 0. The number of rotatable bonds is 3. The maximum atomic E-state index is 5.39. The molecule has 4 heteroatoms. The molecule has 19 heavy (non-hydrogen) atoms. The number of nitrogens with zero attached hydrogens (tertiary/aromatic N) is 2. The van der Waals surface area contributed by atoms with Crippen LogP contribution in [-0.2, 0) is 6.54 Å². The molecule has 1 aliphatic rings. The fraction of sp³-hybridized carbons (Fsp3) is 0.600. The van der Waals surface area contributed by atoms with Crippen LogP contribution in [0.1, 0.15) is 23.6 Å². The van der Waals surface area contributed by atoms with Crippen LogP contribution in [0.15, 0.2) is 12.1 Å². The maximum absolute atomic E-state index is 5.39. The summed E-state index contributed by atoms with van der Waals surface area (Å²) in [5.74, 6) is 6.01. The van der Waals surface area contributed by atoms with E-state index in [9.17, 15) is 0 Å². The van der Waals surface area contributed by atoms with Crippen molar-refractivity contribution < 1.29 is 0 Å². The molecule has 0 amide bonds. The monoisotopic (exact) mass is 277 g/mol. The van der Waals surface area contributed by atoms with E-state index in [4.69, 9.17) is 5.73 Å². The number of thiophene rings is 1. The van der Waals surface area contributed by atoms with Crippen molar-refractivity contribution in [1.82, 2.24) is 9.80 Å². The predicted molar refractivity (Wildman–Crippen MR) is 82.2 cm³/mol. The van der Waals surface area contributed by atoms with Gasteiger partial charge in [0.1, 0.15) is 0 Å². The molecule has 0 saturated carbocycles. The lowest BCUT2D eigenvalue weighted by Crippen LogP contribution is -2.51. The Morgan fingerprint density at radius 2 is 2.26 bits per heavy atom. The number of piperazine rings is 1. The van der Waals surface area contributed by atoms with Gasteiger partial charge in [0.05, 0.1) is 11.4 Å². The molecule has 0 aliphatic carbocycles. The average Bonchev–Trinajstić information content (AvgIpc) is 2.84. The summed E-state index contributed by atoms with van der Waals surface area (Å²) in [6.07, 6.45) is 0. The molecular weight excluding hydrogens is 254 g/mol. The van der Waals surface area contributed by atoms with Crippen molar-refractivity contribution in [2.75, 3.05) is 32.7 Å². The van der Waals surface area contributed by atoms with Crippen molar-refractivity contribution >= 4 is 11.3 Å². The zero-order valence-electron chi connectivity index (χ0n) is 11.9. The van der Waals surface area contributed by atoms with Gasteiger partial charge in [-0.2, -0.15) is 0 Å². The van der Waals surface area contributed by atoms with Gasteiger partial charge in [-0.25, -0.2) is 0 Å². The van der Waals surface area contributed by atoms with Crippen molar-refractivity contribution in [3.05, 3.63) is 21.9 Å². The number of hydrogen-bond donors (Lipinski definition) is 1. The Bertz CT molecular complexity index is 457. The summed E-state index contributed by atoms with van der Waals surface area (Å²) in [6, 6.07) is 4.96. The summed E-state index contributed by atoms with van der Waals surface area (Å²) in [5.41, 5.74) is 5.39. The lowest BCUT2D eigenvalue weighted by Gasteiger charge is -2.39. The second kappa shape index (κ2) is 7.06. The fourth-order valence-electron chi connectivity index (χ4n) is 2.57. The Morgan fingerprint density at radius 1 is 1.42 bits per heavy atom. The molecule has 2 N–H and O–H groups in total. The van der Waals surface area contributed by atoms with Gasteiger partial charge in [0.15, 0.2) is 0 Å². The first-order valence-electron chi connectivity index (χ1n) is 6.97. The highest BCUT2D eigenvalue weighted by atomic mass is 32.1. The van der Waals surface area contributed by atoms with Gasteiger partial charge in [0.2, 0.25) is 0 Å². The minimum atomic E-state index is 0.434. The normalized spacial score (nSPS) is 21.1. The second-order valence-corrected chi connectivity index (χ2v) is 6.15. The van der Waals surface area contributed by atoms with Gasteiger partial charge in [-0.3, -0.25) is 9.80 Å². The Morgan fingerprint density at radius 3 is 2.95 bits per heavy atom. The lowest BCUT2D eigenvalue weighted by atomic mass is 10.2. The van der Waals surface area contributed by atoms with E-state index >= 15 is 0 Å². The molecule has 3 nitrogen and oxygen atoms in total. The van der Waals surface area contributed by atoms with Crippen LogP contribution in [0.4, 0.5) is 0 Å². The van der Waals surface area contributed by atoms with Crippen LogP contribution in [0.3, 0.4) is 0 Å². The van der Waals surface area contributed by atoms with Crippen LogP contribution in [0.5, 0.6) is 0 Å². The molecule has 2 heterocycles. The SMILES string of the molecule is CCN1CCN(Cc2ccc(C#CCN)s2)CC1C. The highest BCUT2D eigenvalue weighted by molar-refractivity contribution is 7.12. The standard InChI is InChI=1S/C15H23N3S/c1-3-18-10-9-17(11-13(18)2)12-15-7-6-14(19-15)5-4-8-16/h6-7,13H,3,8-12,16H2,1-2H3. The van der Waals surface area contributed by atoms with Gasteiger partial charge in [0.25, 0.3) is 0 Å². The zero-order valence-corrected chi connectivity index (χ0v) is 12.7. The van der Waals surface area contributed by atoms with E-state index in [0.717, 1.165) is 24.5 Å². The smallest absolute Gasteiger partial charge is 0.0772 e. The van der Waals surface area contributed by atoms with Crippen LogP contribution in [0.2, 0.25) is 0 Å². The Kier molecular flexibility index (Phi) is 5.41. The first-order chi connectivity index (χ1) is 9.22. The summed E-state index contributed by atoms with van der Waals surface area (Å²) < 4.78 is 0. The molecule has 1 atom stereocenters. The molecule has 2 rings (SSSR count). The summed E-state index contributed by atoms with van der Waals surface area (Å²) in [6.45, 7) is 10.7. The second-order valence-electron chi connectivity index (χ2n) is 4.98. The number of hydrogen-bond acceptors (Lipinski definition) is 4. The predicted octanol–water partition coefficient (Wildman–Crippen LogP) is 1.58. The molecule has 0 aromatic carbocycles. The van der Waals surface area contributed by atoms with Crippen molar-refractivity contribution in [3.8, 4) is 11.8 Å². The van der Waals surface area contributed by atoms with E-state index in [-0.39, 0.29) is 0 Å². The van der Waals surface area contributed by atoms with Crippen LogP contribution >= 0.6 is 11.3 Å². The largest absolute Gasteiger partial charge is 0.320 e. The third kappa shape index (κ3) is 4.05. The van der Waals surface area contributed by atoms with Crippen molar-refractivity contribution in [1.29, 1.82) is 0 Å². The van der Waals surface area contributed by atoms with E-state index in [1.807, 2.05) is 0 Å². The molecule has 0 bridgehead atoms. The molecule has 0 spiro atoms. The highest BCUT2D eigenvalue weighted by Gasteiger charge is 2.22. The lowest BCUT2D eigenvalue weighted by molar-refractivity contribution is 0.0841. The summed E-state index contributed by atoms with van der Waals surface area (Å²) in [4.78, 5) is 7.62. The van der Waals surface area contributed by atoms with Gasteiger partial charge in [0, 0.05) is 37.1 Å². The van der Waals surface area contributed by atoms with Crippen LogP contribution < -0.4 is 5.73 Å². The molecule has 0 radical (unpaired) electrons. The zero-order chi connectivity index (χ0) is 13.7. The summed E-state index contributed by atoms with van der Waals surface area (Å²) in [5, 5.41) is 0. The summed E-state index contributed by atoms with van der Waals surface area (Å²) >= 11 is 1.79. The fourth-order valence-corrected chi connectivity index (χ4v) is 3.50. The molecule has 1 aromatic rings. The van der Waals surface area contributed by atoms with Gasteiger partial charge < -0.3 is 5.73 Å². The van der Waals surface area contributed by atoms with E-state index in [1.54, 1.807) is 11.3 Å². The van der Waals surface area contributed by atoms with Gasteiger partial charge in [-0.15, -0.1) is 11.3 Å². The molecule has 1 unspecified atom stereocenters. The minimum absolute atomic E-state index is 0.434. The first-order valence-corrected chi connectivity index (χ1v) is 7.78. The Labute approximate surface area is 120 Å². The molecule has 1 saturated heterocycles. The minimum Gasteiger partial charge on any atom is -0.320 e. The van der Waals surface area contributed by atoms with Crippen molar-refractivity contribution in [2.24, 2.45) is 5.73 Å². The highest BCUT2D eigenvalue weighted by Crippen LogP contribution is 2.19. The maximum Gasteiger partial charge on any atom is 0.0772 e. The number of nitrogens with two attached hydrogens (primary N) is 1. The third-order valence-electron chi connectivity index (χ3n) is 3.61. The topological polar surface area (TPSA) is 32.5 Å². The number of likely N-dealkylation sites (N-methyl/N-ethyl adjacent to an activating group) is 1. The Balaban J connectivity index is 1.89. The van der Waals surface area contributed by atoms with Crippen molar-refractivity contribution in [2.45, 2.75) is 26.4 Å². The molecule has 1 fully saturated rings. The Hall–Kier alpha value is -0.860. The van der Waals surface area contributed by atoms with E-state index < -0.39 is 0 Å². The van der Waals surface area contributed by atoms with E-state index in [2.05, 4.69) is 47.6 Å². The van der Waals surface area contributed by atoms with E-state index in [1.165, 1.54) is 18.0 Å². The van der Waals surface area contributed by atoms with Crippen LogP contribution in [-0.4, -0.2) is 48.6 Å². The van der Waals surface area contributed by atoms with E-state index in [0.29, 0.717) is 12.6 Å². The molecular formula is C15H23N3S. The van der Waals surface area contributed by atoms with Crippen molar-refractivity contribution in [3.63, 3.8) is 0 Å². The molecule has 104 valence electrons. The van der Waals surface area contributed by atoms with Crippen LogP contribution in [0.25, 0.3) is 0 Å². The van der Waals surface area contributed by atoms with Gasteiger partial charge >= 0.3 is 0 Å². The quantitative estimate of drug-likeness (QED) is 0.852. The first kappa shape index (κ1) is 14.5. The van der Waals surface area contributed by atoms with Gasteiger partial charge in [-0.05, 0) is 25.6 Å². The average molecular weight is 277 g/mol.